The number of carbonyl (C=O) groups excluding carboxylic acids is 1. The van der Waals surface area contributed by atoms with Crippen LogP contribution in [0.4, 0.5) is 0 Å². The molecule has 114 valence electrons. The van der Waals surface area contributed by atoms with Gasteiger partial charge in [0.1, 0.15) is 0 Å². The lowest BCUT2D eigenvalue weighted by Gasteiger charge is -2.40. The molecule has 3 rings (SSSR count). The molecule has 3 nitrogen and oxygen atoms in total. The smallest absolute Gasteiger partial charge is 0.226 e. The van der Waals surface area contributed by atoms with Gasteiger partial charge in [-0.25, -0.2) is 0 Å². The van der Waals surface area contributed by atoms with Crippen LogP contribution in [-0.4, -0.2) is 36.5 Å². The fraction of sp³-hybridized carbons (Fsp3) is 0.611. The van der Waals surface area contributed by atoms with Gasteiger partial charge in [-0.15, -0.1) is 0 Å². The third kappa shape index (κ3) is 3.29. The van der Waals surface area contributed by atoms with Crippen LogP contribution in [0.25, 0.3) is 0 Å². The van der Waals surface area contributed by atoms with Crippen LogP contribution in [0, 0.1) is 11.8 Å². The highest BCUT2D eigenvalue weighted by atomic mass is 16.2. The number of rotatable bonds is 4. The maximum absolute atomic E-state index is 12.8. The molecule has 3 heteroatoms. The zero-order valence-electron chi connectivity index (χ0n) is 12.9. The van der Waals surface area contributed by atoms with Crippen molar-refractivity contribution in [2.75, 3.05) is 19.6 Å². The number of benzene rings is 1. The standard InChI is InChI=1S/C18H26N2O/c1-14(16-12-19-13-16)18(21)20-10-6-5-9-17(20)11-15-7-3-2-4-8-15/h2-4,7-8,14,16-17,19H,5-6,9-13H2,1H3. The SMILES string of the molecule is CC(C(=O)N1CCCCC1Cc1ccccc1)C1CNC1. The van der Waals surface area contributed by atoms with Crippen LogP contribution in [0.5, 0.6) is 0 Å². The Morgan fingerprint density at radius 1 is 1.29 bits per heavy atom. The van der Waals surface area contributed by atoms with E-state index in [0.717, 1.165) is 38.9 Å². The summed E-state index contributed by atoms with van der Waals surface area (Å²) in [5, 5.41) is 3.28. The number of amides is 1. The van der Waals surface area contributed by atoms with Gasteiger partial charge in [0.2, 0.25) is 5.91 Å². The Morgan fingerprint density at radius 2 is 2.05 bits per heavy atom. The second-order valence-corrected chi connectivity index (χ2v) is 6.58. The van der Waals surface area contributed by atoms with Crippen molar-refractivity contribution in [2.45, 2.75) is 38.6 Å². The van der Waals surface area contributed by atoms with Crippen molar-refractivity contribution in [2.24, 2.45) is 11.8 Å². The van der Waals surface area contributed by atoms with Gasteiger partial charge in [0.15, 0.2) is 0 Å². The molecule has 2 aliphatic heterocycles. The van der Waals surface area contributed by atoms with E-state index >= 15 is 0 Å². The van der Waals surface area contributed by atoms with E-state index in [1.54, 1.807) is 0 Å². The van der Waals surface area contributed by atoms with Gasteiger partial charge in [-0.2, -0.15) is 0 Å². The lowest BCUT2D eigenvalue weighted by Crippen LogP contribution is -2.53. The third-order valence-corrected chi connectivity index (χ3v) is 5.13. The average Bonchev–Trinajstić information content (AvgIpc) is 2.46. The minimum Gasteiger partial charge on any atom is -0.339 e. The molecule has 0 saturated carbocycles. The summed E-state index contributed by atoms with van der Waals surface area (Å²) >= 11 is 0. The minimum absolute atomic E-state index is 0.169. The molecule has 0 aliphatic carbocycles. The Bertz CT molecular complexity index is 469. The van der Waals surface area contributed by atoms with Crippen molar-refractivity contribution in [1.82, 2.24) is 10.2 Å². The highest BCUT2D eigenvalue weighted by Crippen LogP contribution is 2.26. The Morgan fingerprint density at radius 3 is 2.71 bits per heavy atom. The van der Waals surface area contributed by atoms with E-state index in [-0.39, 0.29) is 5.92 Å². The Balaban J connectivity index is 1.67. The summed E-state index contributed by atoms with van der Waals surface area (Å²) in [7, 11) is 0. The highest BCUT2D eigenvalue weighted by molar-refractivity contribution is 5.79. The number of likely N-dealkylation sites (tertiary alicyclic amines) is 1. The van der Waals surface area contributed by atoms with Crippen LogP contribution in [0.15, 0.2) is 30.3 Å². The summed E-state index contributed by atoms with van der Waals surface area (Å²) in [4.78, 5) is 15.0. The number of nitrogens with zero attached hydrogens (tertiary/aromatic N) is 1. The molecule has 1 aromatic carbocycles. The number of piperidine rings is 1. The van der Waals surface area contributed by atoms with Crippen LogP contribution in [0.3, 0.4) is 0 Å². The van der Waals surface area contributed by atoms with E-state index in [1.807, 2.05) is 0 Å². The second kappa shape index (κ2) is 6.61. The number of hydrogen-bond donors (Lipinski definition) is 1. The van der Waals surface area contributed by atoms with Gasteiger partial charge in [0.25, 0.3) is 0 Å². The quantitative estimate of drug-likeness (QED) is 0.922. The predicted octanol–water partition coefficient (Wildman–Crippen LogP) is 2.47. The van der Waals surface area contributed by atoms with Gasteiger partial charge in [-0.3, -0.25) is 4.79 Å². The first-order valence-corrected chi connectivity index (χ1v) is 8.31. The van der Waals surface area contributed by atoms with E-state index in [4.69, 9.17) is 0 Å². The topological polar surface area (TPSA) is 32.3 Å². The molecule has 1 aromatic rings. The molecule has 2 unspecified atom stereocenters. The first kappa shape index (κ1) is 14.6. The molecule has 1 amide bonds. The minimum atomic E-state index is 0.169. The van der Waals surface area contributed by atoms with Crippen molar-refractivity contribution in [3.63, 3.8) is 0 Å². The first-order chi connectivity index (χ1) is 10.3. The Kier molecular flexibility index (Phi) is 4.59. The molecule has 21 heavy (non-hydrogen) atoms. The summed E-state index contributed by atoms with van der Waals surface area (Å²) in [5.41, 5.74) is 1.35. The molecular weight excluding hydrogens is 260 g/mol. The lowest BCUT2D eigenvalue weighted by molar-refractivity contribution is -0.141. The molecule has 1 N–H and O–H groups in total. The van der Waals surface area contributed by atoms with Crippen molar-refractivity contribution < 1.29 is 4.79 Å². The molecule has 2 fully saturated rings. The van der Waals surface area contributed by atoms with Crippen LogP contribution < -0.4 is 5.32 Å². The molecule has 0 radical (unpaired) electrons. The van der Waals surface area contributed by atoms with E-state index in [2.05, 4.69) is 47.5 Å². The molecule has 2 atom stereocenters. The Hall–Kier alpha value is -1.35. The van der Waals surface area contributed by atoms with Crippen molar-refractivity contribution >= 4 is 5.91 Å². The van der Waals surface area contributed by atoms with E-state index < -0.39 is 0 Å². The van der Waals surface area contributed by atoms with Gasteiger partial charge in [0.05, 0.1) is 0 Å². The van der Waals surface area contributed by atoms with Crippen molar-refractivity contribution in [1.29, 1.82) is 0 Å². The summed E-state index contributed by atoms with van der Waals surface area (Å²) in [6.07, 6.45) is 4.56. The van der Waals surface area contributed by atoms with Crippen LogP contribution in [0.1, 0.15) is 31.7 Å². The van der Waals surface area contributed by atoms with Crippen molar-refractivity contribution in [3.05, 3.63) is 35.9 Å². The average molecular weight is 286 g/mol. The largest absolute Gasteiger partial charge is 0.339 e. The van der Waals surface area contributed by atoms with Gasteiger partial charge < -0.3 is 10.2 Å². The summed E-state index contributed by atoms with van der Waals surface area (Å²) < 4.78 is 0. The molecule has 0 bridgehead atoms. The molecular formula is C18H26N2O. The fourth-order valence-electron chi connectivity index (χ4n) is 3.52. The number of hydrogen-bond acceptors (Lipinski definition) is 2. The van der Waals surface area contributed by atoms with Crippen LogP contribution in [-0.2, 0) is 11.2 Å². The maximum atomic E-state index is 12.8. The fourth-order valence-corrected chi connectivity index (χ4v) is 3.52. The molecule has 0 aromatic heterocycles. The summed E-state index contributed by atoms with van der Waals surface area (Å²) in [5.74, 6) is 1.08. The van der Waals surface area contributed by atoms with Crippen molar-refractivity contribution in [3.8, 4) is 0 Å². The first-order valence-electron chi connectivity index (χ1n) is 8.31. The van der Waals surface area contributed by atoms with E-state index in [1.165, 1.54) is 12.0 Å². The predicted molar refractivity (Wildman–Crippen MR) is 85.0 cm³/mol. The number of carbonyl (C=O) groups is 1. The zero-order valence-corrected chi connectivity index (χ0v) is 12.9. The van der Waals surface area contributed by atoms with Crippen LogP contribution in [0.2, 0.25) is 0 Å². The van der Waals surface area contributed by atoms with E-state index in [0.29, 0.717) is 17.9 Å². The van der Waals surface area contributed by atoms with Crippen LogP contribution >= 0.6 is 0 Å². The van der Waals surface area contributed by atoms with Gasteiger partial charge in [-0.1, -0.05) is 37.3 Å². The lowest BCUT2D eigenvalue weighted by atomic mass is 9.86. The zero-order chi connectivity index (χ0) is 14.7. The monoisotopic (exact) mass is 286 g/mol. The maximum Gasteiger partial charge on any atom is 0.226 e. The second-order valence-electron chi connectivity index (χ2n) is 6.58. The van der Waals surface area contributed by atoms with Gasteiger partial charge in [-0.05, 0) is 50.3 Å². The summed E-state index contributed by atoms with van der Waals surface area (Å²) in [6.45, 7) is 5.07. The van der Waals surface area contributed by atoms with E-state index in [9.17, 15) is 4.79 Å². The third-order valence-electron chi connectivity index (χ3n) is 5.13. The van der Waals surface area contributed by atoms with Gasteiger partial charge >= 0.3 is 0 Å². The molecule has 0 spiro atoms. The van der Waals surface area contributed by atoms with Gasteiger partial charge in [0, 0.05) is 18.5 Å². The number of nitrogens with one attached hydrogen (secondary N) is 1. The molecule has 2 saturated heterocycles. The normalized spacial score (nSPS) is 24.4. The Labute approximate surface area is 127 Å². The molecule has 2 heterocycles. The molecule has 2 aliphatic rings. The summed E-state index contributed by atoms with van der Waals surface area (Å²) in [6, 6.07) is 11.0. The highest BCUT2D eigenvalue weighted by Gasteiger charge is 2.35.